The Morgan fingerprint density at radius 1 is 1.47 bits per heavy atom. The summed E-state index contributed by atoms with van der Waals surface area (Å²) in [4.78, 5) is 0. The van der Waals surface area contributed by atoms with Gasteiger partial charge in [-0.05, 0) is 35.2 Å². The van der Waals surface area contributed by atoms with Crippen LogP contribution < -0.4 is 11.3 Å². The number of aryl methyl sites for hydroxylation is 2. The summed E-state index contributed by atoms with van der Waals surface area (Å²) in [6.07, 6.45) is 0.870. The van der Waals surface area contributed by atoms with Crippen LogP contribution in [0.1, 0.15) is 39.1 Å². The van der Waals surface area contributed by atoms with Gasteiger partial charge >= 0.3 is 0 Å². The largest absolute Gasteiger partial charge is 0.271 e. The molecule has 0 saturated carbocycles. The number of nitrogens with zero attached hydrogens (tertiary/aromatic N) is 2. The third-order valence-corrected chi connectivity index (χ3v) is 4.13. The lowest BCUT2D eigenvalue weighted by Crippen LogP contribution is -2.46. The van der Waals surface area contributed by atoms with Crippen molar-refractivity contribution in [3.63, 3.8) is 0 Å². The van der Waals surface area contributed by atoms with E-state index >= 15 is 0 Å². The van der Waals surface area contributed by atoms with Crippen molar-refractivity contribution in [3.8, 4) is 0 Å². The van der Waals surface area contributed by atoms with Crippen LogP contribution in [0.5, 0.6) is 0 Å². The fraction of sp³-hybridized carbons (Fsp3) is 0.750. The first-order chi connectivity index (χ1) is 7.81. The molecule has 0 amide bonds. The molecule has 0 bridgehead atoms. The van der Waals surface area contributed by atoms with E-state index in [2.05, 4.69) is 54.1 Å². The van der Waals surface area contributed by atoms with Crippen LogP contribution in [0.3, 0.4) is 0 Å². The van der Waals surface area contributed by atoms with Crippen LogP contribution in [0, 0.1) is 12.3 Å². The Balaban J connectivity index is 3.01. The number of hydrogen-bond acceptors (Lipinski definition) is 3. The topological polar surface area (TPSA) is 55.9 Å². The maximum absolute atomic E-state index is 5.66. The van der Waals surface area contributed by atoms with Crippen molar-refractivity contribution in [2.75, 3.05) is 0 Å². The second-order valence-electron chi connectivity index (χ2n) is 5.45. The average molecular weight is 303 g/mol. The van der Waals surface area contributed by atoms with Gasteiger partial charge in [-0.2, -0.15) is 5.10 Å². The molecule has 17 heavy (non-hydrogen) atoms. The highest BCUT2D eigenvalue weighted by atomic mass is 79.9. The van der Waals surface area contributed by atoms with E-state index in [-0.39, 0.29) is 11.5 Å². The monoisotopic (exact) mass is 302 g/mol. The first-order valence-electron chi connectivity index (χ1n) is 5.99. The Bertz CT molecular complexity index is 379. The lowest BCUT2D eigenvalue weighted by molar-refractivity contribution is 0.264. The minimum absolute atomic E-state index is 0.116. The summed E-state index contributed by atoms with van der Waals surface area (Å²) in [6, 6.07) is 0.222. The van der Waals surface area contributed by atoms with Gasteiger partial charge in [0.1, 0.15) is 0 Å². The summed E-state index contributed by atoms with van der Waals surface area (Å²) in [5, 5.41) is 4.50. The van der Waals surface area contributed by atoms with Crippen LogP contribution >= 0.6 is 15.9 Å². The summed E-state index contributed by atoms with van der Waals surface area (Å²) in [6.45, 7) is 11.6. The van der Waals surface area contributed by atoms with Crippen LogP contribution in [-0.2, 0) is 13.0 Å². The Morgan fingerprint density at radius 3 is 2.47 bits per heavy atom. The highest BCUT2D eigenvalue weighted by molar-refractivity contribution is 9.10. The van der Waals surface area contributed by atoms with Gasteiger partial charge < -0.3 is 0 Å². The number of nitrogens with two attached hydrogens (primary N) is 1. The van der Waals surface area contributed by atoms with Crippen molar-refractivity contribution in [2.24, 2.45) is 11.3 Å². The maximum Gasteiger partial charge on any atom is 0.0738 e. The standard InChI is InChI=1S/C12H23BrN4/c1-6-17-9(11(13)8(2)16-17)7-10(15-14)12(3,4)5/h10,15H,6-7,14H2,1-5H3. The smallest absolute Gasteiger partial charge is 0.0738 e. The lowest BCUT2D eigenvalue weighted by atomic mass is 9.84. The molecule has 0 aliphatic rings. The summed E-state index contributed by atoms with van der Waals surface area (Å²) in [5.74, 6) is 5.66. The van der Waals surface area contributed by atoms with Crippen molar-refractivity contribution in [1.29, 1.82) is 0 Å². The van der Waals surface area contributed by atoms with Crippen molar-refractivity contribution in [1.82, 2.24) is 15.2 Å². The van der Waals surface area contributed by atoms with Crippen molar-refractivity contribution >= 4 is 15.9 Å². The molecule has 0 aliphatic carbocycles. The molecule has 0 spiro atoms. The Hall–Kier alpha value is -0.390. The Kier molecular flexibility index (Phi) is 4.75. The van der Waals surface area contributed by atoms with E-state index < -0.39 is 0 Å². The van der Waals surface area contributed by atoms with Crippen molar-refractivity contribution in [2.45, 2.75) is 53.6 Å². The third-order valence-electron chi connectivity index (χ3n) is 3.10. The predicted octanol–water partition coefficient (Wildman–Crippen LogP) is 2.39. The molecule has 0 saturated heterocycles. The van der Waals surface area contributed by atoms with E-state index in [9.17, 15) is 0 Å². The van der Waals surface area contributed by atoms with Gasteiger partial charge in [0.05, 0.1) is 15.9 Å². The van der Waals surface area contributed by atoms with Gasteiger partial charge in [0.15, 0.2) is 0 Å². The third kappa shape index (κ3) is 3.30. The van der Waals surface area contributed by atoms with Crippen LogP contribution in [0.15, 0.2) is 4.47 Å². The molecule has 3 N–H and O–H groups in total. The zero-order chi connectivity index (χ0) is 13.2. The number of rotatable bonds is 4. The van der Waals surface area contributed by atoms with Gasteiger partial charge in [0.2, 0.25) is 0 Å². The molecule has 1 heterocycles. The number of aromatic nitrogens is 2. The van der Waals surface area contributed by atoms with Crippen LogP contribution in [-0.4, -0.2) is 15.8 Å². The van der Waals surface area contributed by atoms with Crippen LogP contribution in [0.2, 0.25) is 0 Å². The fourth-order valence-electron chi connectivity index (χ4n) is 1.87. The first-order valence-corrected chi connectivity index (χ1v) is 6.78. The lowest BCUT2D eigenvalue weighted by Gasteiger charge is -2.30. The van der Waals surface area contributed by atoms with Crippen molar-refractivity contribution < 1.29 is 0 Å². The molecule has 0 radical (unpaired) electrons. The quantitative estimate of drug-likeness (QED) is 0.663. The second-order valence-corrected chi connectivity index (χ2v) is 6.24. The molecular weight excluding hydrogens is 280 g/mol. The minimum Gasteiger partial charge on any atom is -0.271 e. The van der Waals surface area contributed by atoms with Crippen LogP contribution in [0.4, 0.5) is 0 Å². The van der Waals surface area contributed by atoms with E-state index in [0.29, 0.717) is 0 Å². The van der Waals surface area contributed by atoms with Gasteiger partial charge in [-0.3, -0.25) is 16.0 Å². The molecule has 1 aromatic rings. The molecule has 5 heteroatoms. The van der Waals surface area contributed by atoms with E-state index in [1.165, 1.54) is 5.69 Å². The zero-order valence-corrected chi connectivity index (χ0v) is 12.9. The Morgan fingerprint density at radius 2 is 2.06 bits per heavy atom. The molecule has 0 aromatic carbocycles. The zero-order valence-electron chi connectivity index (χ0n) is 11.3. The summed E-state index contributed by atoms with van der Waals surface area (Å²) < 4.78 is 3.14. The first kappa shape index (κ1) is 14.7. The minimum atomic E-state index is 0.116. The summed E-state index contributed by atoms with van der Waals surface area (Å²) >= 11 is 3.61. The molecule has 1 unspecified atom stereocenters. The summed E-state index contributed by atoms with van der Waals surface area (Å²) in [5.41, 5.74) is 5.28. The molecule has 98 valence electrons. The highest BCUT2D eigenvalue weighted by Crippen LogP contribution is 2.27. The number of hydrazine groups is 1. The van der Waals surface area contributed by atoms with Gasteiger partial charge in [0.25, 0.3) is 0 Å². The van der Waals surface area contributed by atoms with Gasteiger partial charge in [0, 0.05) is 19.0 Å². The highest BCUT2D eigenvalue weighted by Gasteiger charge is 2.26. The molecule has 0 fully saturated rings. The van der Waals surface area contributed by atoms with Gasteiger partial charge in [-0.1, -0.05) is 20.8 Å². The SMILES string of the molecule is CCn1nc(C)c(Br)c1CC(NN)C(C)(C)C. The molecule has 0 aliphatic heterocycles. The van der Waals surface area contributed by atoms with E-state index in [1.54, 1.807) is 0 Å². The molecule has 1 rings (SSSR count). The van der Waals surface area contributed by atoms with E-state index in [1.807, 2.05) is 11.6 Å². The van der Waals surface area contributed by atoms with Gasteiger partial charge in [-0.25, -0.2) is 0 Å². The Labute approximate surface area is 112 Å². The molecular formula is C12H23BrN4. The molecule has 1 atom stereocenters. The van der Waals surface area contributed by atoms with Crippen molar-refractivity contribution in [3.05, 3.63) is 15.9 Å². The molecule has 1 aromatic heterocycles. The van der Waals surface area contributed by atoms with E-state index in [4.69, 9.17) is 5.84 Å². The normalized spacial score (nSPS) is 14.1. The van der Waals surface area contributed by atoms with Crippen LogP contribution in [0.25, 0.3) is 0 Å². The average Bonchev–Trinajstić information content (AvgIpc) is 2.50. The second kappa shape index (κ2) is 5.50. The predicted molar refractivity (Wildman–Crippen MR) is 74.6 cm³/mol. The number of nitrogens with one attached hydrogen (secondary N) is 1. The number of halogens is 1. The van der Waals surface area contributed by atoms with Gasteiger partial charge in [-0.15, -0.1) is 0 Å². The number of hydrogen-bond donors (Lipinski definition) is 2. The maximum atomic E-state index is 5.66. The van der Waals surface area contributed by atoms with E-state index in [0.717, 1.165) is 23.1 Å². The summed E-state index contributed by atoms with van der Waals surface area (Å²) in [7, 11) is 0. The fourth-order valence-corrected chi connectivity index (χ4v) is 2.32. The molecule has 4 nitrogen and oxygen atoms in total.